The van der Waals surface area contributed by atoms with Gasteiger partial charge in [0.25, 0.3) is 10.1 Å². The van der Waals surface area contributed by atoms with Gasteiger partial charge in [-0.1, -0.05) is 42.1 Å². The Balaban J connectivity index is 1.92. The Hall–Kier alpha value is -3.49. The van der Waals surface area contributed by atoms with Crippen molar-refractivity contribution >= 4 is 33.1 Å². The van der Waals surface area contributed by atoms with Crippen molar-refractivity contribution in [3.63, 3.8) is 0 Å². The van der Waals surface area contributed by atoms with Gasteiger partial charge < -0.3 is 10.4 Å². The maximum absolute atomic E-state index is 13.1. The van der Waals surface area contributed by atoms with Crippen molar-refractivity contribution in [2.24, 2.45) is 0 Å². The summed E-state index contributed by atoms with van der Waals surface area (Å²) in [5, 5.41) is 15.2. The van der Waals surface area contributed by atoms with Gasteiger partial charge in [-0.25, -0.2) is 0 Å². The fourth-order valence-electron chi connectivity index (χ4n) is 3.39. The van der Waals surface area contributed by atoms with Gasteiger partial charge in [-0.15, -0.1) is 0 Å². The third-order valence-corrected chi connectivity index (χ3v) is 5.62. The Morgan fingerprint density at radius 2 is 1.45 bits per heavy atom. The van der Waals surface area contributed by atoms with E-state index in [1.54, 1.807) is 25.1 Å². The van der Waals surface area contributed by atoms with Gasteiger partial charge in [0.1, 0.15) is 4.90 Å². The Morgan fingerprint density at radius 1 is 0.862 bits per heavy atom. The maximum atomic E-state index is 13.1. The molecule has 29 heavy (non-hydrogen) atoms. The quantitative estimate of drug-likeness (QED) is 0.500. The number of ketones is 2. The molecule has 146 valence electrons. The summed E-state index contributed by atoms with van der Waals surface area (Å²) in [6, 6.07) is 13.0. The molecule has 0 aliphatic heterocycles. The fourth-order valence-corrected chi connectivity index (χ4v) is 4.12. The molecule has 1 aliphatic carbocycles. The molecule has 0 atom stereocenters. The van der Waals surface area contributed by atoms with Gasteiger partial charge >= 0.3 is 0 Å². The molecule has 0 fully saturated rings. The van der Waals surface area contributed by atoms with Crippen LogP contribution in [0.15, 0.2) is 59.5 Å². The van der Waals surface area contributed by atoms with Crippen molar-refractivity contribution < 1.29 is 27.7 Å². The van der Waals surface area contributed by atoms with Crippen LogP contribution in [-0.2, 0) is 10.1 Å². The zero-order valence-electron chi connectivity index (χ0n) is 15.1. The van der Waals surface area contributed by atoms with Crippen LogP contribution in [0.4, 0.5) is 11.4 Å². The minimum atomic E-state index is -4.55. The first-order chi connectivity index (χ1) is 13.7. The van der Waals surface area contributed by atoms with Crippen LogP contribution in [0.5, 0.6) is 5.75 Å². The summed E-state index contributed by atoms with van der Waals surface area (Å²) >= 11 is 0. The van der Waals surface area contributed by atoms with E-state index in [9.17, 15) is 27.7 Å². The summed E-state index contributed by atoms with van der Waals surface area (Å²) < 4.78 is 33.1. The van der Waals surface area contributed by atoms with Crippen molar-refractivity contribution in [3.8, 4) is 5.75 Å². The van der Waals surface area contributed by atoms with E-state index in [1.807, 2.05) is 0 Å². The van der Waals surface area contributed by atoms with E-state index in [1.165, 1.54) is 30.3 Å². The zero-order chi connectivity index (χ0) is 20.9. The molecule has 0 aromatic heterocycles. The van der Waals surface area contributed by atoms with Crippen LogP contribution in [0.1, 0.15) is 37.4 Å². The second-order valence-corrected chi connectivity index (χ2v) is 8.05. The van der Waals surface area contributed by atoms with Crippen LogP contribution in [0.25, 0.3) is 0 Å². The number of benzene rings is 3. The number of anilines is 2. The molecule has 0 bridgehead atoms. The molecule has 0 amide bonds. The molecule has 3 aromatic carbocycles. The second kappa shape index (κ2) is 6.54. The van der Waals surface area contributed by atoms with E-state index < -0.39 is 27.4 Å². The molecular formula is C21H14NO6S-. The SMILES string of the molecule is Cc1ccc(Nc2ccc([O-])c3c2C(=O)c2ccccc2C3=O)c(S(=O)(=O)O)c1. The first-order valence-corrected chi connectivity index (χ1v) is 10.00. The molecule has 2 N–H and O–H groups in total. The van der Waals surface area contributed by atoms with Crippen molar-refractivity contribution in [1.82, 2.24) is 0 Å². The topological polar surface area (TPSA) is 124 Å². The van der Waals surface area contributed by atoms with Crippen LogP contribution >= 0.6 is 0 Å². The van der Waals surface area contributed by atoms with E-state index in [0.29, 0.717) is 5.56 Å². The largest absolute Gasteiger partial charge is 0.872 e. The molecule has 7 nitrogen and oxygen atoms in total. The Bertz CT molecular complexity index is 1310. The summed E-state index contributed by atoms with van der Waals surface area (Å²) in [6.45, 7) is 1.66. The lowest BCUT2D eigenvalue weighted by molar-refractivity contribution is -0.268. The molecule has 0 heterocycles. The third kappa shape index (κ3) is 3.08. The molecule has 0 unspecified atom stereocenters. The van der Waals surface area contributed by atoms with E-state index >= 15 is 0 Å². The normalized spacial score (nSPS) is 13.0. The van der Waals surface area contributed by atoms with Crippen molar-refractivity contribution in [3.05, 3.63) is 82.4 Å². The lowest BCUT2D eigenvalue weighted by Crippen LogP contribution is -2.23. The average molecular weight is 408 g/mol. The monoisotopic (exact) mass is 408 g/mol. The van der Waals surface area contributed by atoms with E-state index in [0.717, 1.165) is 6.07 Å². The van der Waals surface area contributed by atoms with Crippen molar-refractivity contribution in [2.45, 2.75) is 11.8 Å². The Kier molecular flexibility index (Phi) is 4.25. The lowest BCUT2D eigenvalue weighted by Gasteiger charge is -2.25. The average Bonchev–Trinajstić information content (AvgIpc) is 2.68. The number of nitrogens with one attached hydrogen (secondary N) is 1. The third-order valence-electron chi connectivity index (χ3n) is 4.72. The minimum Gasteiger partial charge on any atom is -0.872 e. The highest BCUT2D eigenvalue weighted by Gasteiger charge is 2.32. The highest BCUT2D eigenvalue weighted by atomic mass is 32.2. The zero-order valence-corrected chi connectivity index (χ0v) is 15.9. The van der Waals surface area contributed by atoms with E-state index in [2.05, 4.69) is 5.32 Å². The number of carbonyl (C=O) groups is 2. The van der Waals surface area contributed by atoms with E-state index in [4.69, 9.17) is 0 Å². The van der Waals surface area contributed by atoms with Crippen LogP contribution in [0.2, 0.25) is 0 Å². The van der Waals surface area contributed by atoms with Gasteiger partial charge in [-0.3, -0.25) is 14.1 Å². The van der Waals surface area contributed by atoms with Crippen LogP contribution in [-0.4, -0.2) is 24.5 Å². The van der Waals surface area contributed by atoms with Gasteiger partial charge in [0.05, 0.1) is 16.9 Å². The molecule has 0 radical (unpaired) electrons. The number of aryl methyl sites for hydroxylation is 1. The van der Waals surface area contributed by atoms with Gasteiger partial charge in [0.15, 0.2) is 11.6 Å². The van der Waals surface area contributed by atoms with Crippen LogP contribution in [0.3, 0.4) is 0 Å². The summed E-state index contributed by atoms with van der Waals surface area (Å²) in [5.41, 5.74) is 0.632. The highest BCUT2D eigenvalue weighted by molar-refractivity contribution is 7.86. The molecule has 0 saturated carbocycles. The van der Waals surface area contributed by atoms with Gasteiger partial charge in [0, 0.05) is 16.7 Å². The smallest absolute Gasteiger partial charge is 0.296 e. The first-order valence-electron chi connectivity index (χ1n) is 8.56. The summed E-state index contributed by atoms with van der Waals surface area (Å²) in [6.07, 6.45) is 0. The number of fused-ring (bicyclic) bond motifs is 2. The fraction of sp³-hybridized carbons (Fsp3) is 0.0476. The van der Waals surface area contributed by atoms with Gasteiger partial charge in [-0.2, -0.15) is 8.42 Å². The summed E-state index contributed by atoms with van der Waals surface area (Å²) in [7, 11) is -4.55. The minimum absolute atomic E-state index is 0.0121. The standard InChI is InChI=1S/C21H15NO6S/c1-11-6-7-14(17(10-11)29(26,27)28)22-15-8-9-16(23)19-18(15)20(24)12-4-2-3-5-13(12)21(19)25/h2-10,22-23H,1H3,(H,26,27,28)/p-1. The lowest BCUT2D eigenvalue weighted by atomic mass is 9.82. The molecule has 1 aliphatic rings. The number of hydrogen-bond donors (Lipinski definition) is 2. The molecule has 4 rings (SSSR count). The predicted molar refractivity (Wildman–Crippen MR) is 103 cm³/mol. The molecule has 8 heteroatoms. The second-order valence-electron chi connectivity index (χ2n) is 6.66. The highest BCUT2D eigenvalue weighted by Crippen LogP contribution is 2.38. The maximum Gasteiger partial charge on any atom is 0.296 e. The van der Waals surface area contributed by atoms with E-state index in [-0.39, 0.29) is 38.5 Å². The number of hydrogen-bond acceptors (Lipinski definition) is 6. The summed E-state index contributed by atoms with van der Waals surface area (Å²) in [4.78, 5) is 25.5. The van der Waals surface area contributed by atoms with Crippen LogP contribution < -0.4 is 10.4 Å². The molecular weight excluding hydrogens is 394 g/mol. The van der Waals surface area contributed by atoms with Gasteiger partial charge in [-0.05, 0) is 30.7 Å². The van der Waals surface area contributed by atoms with Crippen molar-refractivity contribution in [2.75, 3.05) is 5.32 Å². The summed E-state index contributed by atoms with van der Waals surface area (Å²) in [5.74, 6) is -1.68. The number of carbonyl (C=O) groups excluding carboxylic acids is 2. The van der Waals surface area contributed by atoms with Crippen LogP contribution in [0, 0.1) is 6.92 Å². The predicted octanol–water partition coefficient (Wildman–Crippen LogP) is 2.83. The van der Waals surface area contributed by atoms with Gasteiger partial charge in [0.2, 0.25) is 0 Å². The first kappa shape index (κ1) is 18.9. The number of rotatable bonds is 3. The molecule has 3 aromatic rings. The Morgan fingerprint density at radius 3 is 2.07 bits per heavy atom. The Labute approximate surface area is 166 Å². The molecule has 0 saturated heterocycles. The van der Waals surface area contributed by atoms with Crippen molar-refractivity contribution in [1.29, 1.82) is 0 Å². The molecule has 0 spiro atoms.